The fourth-order valence-corrected chi connectivity index (χ4v) is 3.24. The lowest BCUT2D eigenvalue weighted by Crippen LogP contribution is -2.20. The van der Waals surface area contributed by atoms with Crippen LogP contribution >= 0.6 is 27.5 Å². The van der Waals surface area contributed by atoms with Crippen molar-refractivity contribution < 1.29 is 0 Å². The van der Waals surface area contributed by atoms with Crippen LogP contribution in [0.15, 0.2) is 16.7 Å². The molecule has 1 aromatic rings. The van der Waals surface area contributed by atoms with Crippen molar-refractivity contribution in [1.82, 2.24) is 14.7 Å². The molecule has 0 N–H and O–H groups in total. The van der Waals surface area contributed by atoms with Crippen molar-refractivity contribution >= 4 is 33.1 Å². The first-order valence-electron chi connectivity index (χ1n) is 6.79. The van der Waals surface area contributed by atoms with E-state index in [9.17, 15) is 0 Å². The number of halogens is 2. The van der Waals surface area contributed by atoms with Gasteiger partial charge in [0.2, 0.25) is 0 Å². The molecular weight excluding hydrogens is 326 g/mol. The van der Waals surface area contributed by atoms with Crippen LogP contribution in [0, 0.1) is 0 Å². The fraction of sp³-hybridized carbons (Fsp3) is 0.643. The Balaban J connectivity index is 2.24. The maximum Gasteiger partial charge on any atom is 0.0782 e. The van der Waals surface area contributed by atoms with E-state index in [4.69, 9.17) is 11.6 Å². The van der Waals surface area contributed by atoms with E-state index >= 15 is 0 Å². The SMILES string of the molecule is CN(C)CCn1ncc(Br)c1C1=CC(Cl)CCCC1. The minimum Gasteiger partial charge on any atom is -0.308 e. The minimum absolute atomic E-state index is 0.154. The van der Waals surface area contributed by atoms with E-state index in [1.807, 2.05) is 6.20 Å². The molecule has 1 aliphatic rings. The lowest BCUT2D eigenvalue weighted by molar-refractivity contribution is 0.372. The molecule has 0 saturated heterocycles. The Morgan fingerprint density at radius 2 is 2.26 bits per heavy atom. The summed E-state index contributed by atoms with van der Waals surface area (Å²) >= 11 is 9.96. The van der Waals surface area contributed by atoms with Crippen molar-refractivity contribution in [2.75, 3.05) is 20.6 Å². The van der Waals surface area contributed by atoms with Crippen LogP contribution in [0.25, 0.3) is 5.57 Å². The van der Waals surface area contributed by atoms with E-state index in [-0.39, 0.29) is 5.38 Å². The van der Waals surface area contributed by atoms with Crippen molar-refractivity contribution in [3.05, 3.63) is 22.4 Å². The molecule has 0 amide bonds. The van der Waals surface area contributed by atoms with Gasteiger partial charge in [-0.2, -0.15) is 5.10 Å². The highest BCUT2D eigenvalue weighted by molar-refractivity contribution is 9.10. The van der Waals surface area contributed by atoms with Gasteiger partial charge in [-0.25, -0.2) is 0 Å². The molecule has 0 bridgehead atoms. The zero-order chi connectivity index (χ0) is 13.8. The molecule has 2 rings (SSSR count). The van der Waals surface area contributed by atoms with Crippen LogP contribution < -0.4 is 0 Å². The largest absolute Gasteiger partial charge is 0.308 e. The Hall–Kier alpha value is -0.320. The van der Waals surface area contributed by atoms with E-state index < -0.39 is 0 Å². The van der Waals surface area contributed by atoms with Gasteiger partial charge in [-0.3, -0.25) is 4.68 Å². The Morgan fingerprint density at radius 1 is 1.47 bits per heavy atom. The van der Waals surface area contributed by atoms with Crippen molar-refractivity contribution in [3.63, 3.8) is 0 Å². The van der Waals surface area contributed by atoms with Crippen molar-refractivity contribution in [2.45, 2.75) is 37.6 Å². The summed E-state index contributed by atoms with van der Waals surface area (Å²) < 4.78 is 3.16. The van der Waals surface area contributed by atoms with Crippen LogP contribution in [0.1, 0.15) is 31.4 Å². The Morgan fingerprint density at radius 3 is 3.00 bits per heavy atom. The normalized spacial score (nSPS) is 20.5. The van der Waals surface area contributed by atoms with Crippen LogP contribution in [0.5, 0.6) is 0 Å². The maximum atomic E-state index is 6.34. The van der Waals surface area contributed by atoms with E-state index in [0.717, 1.165) is 30.4 Å². The molecule has 0 aliphatic heterocycles. The monoisotopic (exact) mass is 345 g/mol. The minimum atomic E-state index is 0.154. The smallest absolute Gasteiger partial charge is 0.0782 e. The second-order valence-electron chi connectivity index (χ2n) is 5.32. The van der Waals surface area contributed by atoms with Crippen LogP contribution in [-0.4, -0.2) is 40.7 Å². The van der Waals surface area contributed by atoms with Gasteiger partial charge < -0.3 is 4.90 Å². The molecule has 1 heterocycles. The Kier molecular flexibility index (Phi) is 5.48. The Labute approximate surface area is 128 Å². The summed E-state index contributed by atoms with van der Waals surface area (Å²) in [6, 6.07) is 0. The first-order chi connectivity index (χ1) is 9.08. The molecule has 3 nitrogen and oxygen atoms in total. The molecule has 5 heteroatoms. The van der Waals surface area contributed by atoms with Gasteiger partial charge in [-0.15, -0.1) is 11.6 Å². The summed E-state index contributed by atoms with van der Waals surface area (Å²) in [5.74, 6) is 0. The number of aromatic nitrogens is 2. The van der Waals surface area contributed by atoms with E-state index in [1.54, 1.807) is 0 Å². The third-order valence-electron chi connectivity index (χ3n) is 3.42. The summed E-state index contributed by atoms with van der Waals surface area (Å²) in [4.78, 5) is 2.17. The van der Waals surface area contributed by atoms with Gasteiger partial charge in [0.25, 0.3) is 0 Å². The number of nitrogens with zero attached hydrogens (tertiary/aromatic N) is 3. The average molecular weight is 347 g/mol. The van der Waals surface area contributed by atoms with Gasteiger partial charge in [0.15, 0.2) is 0 Å². The second-order valence-corrected chi connectivity index (χ2v) is 6.74. The lowest BCUT2D eigenvalue weighted by atomic mass is 10.1. The third kappa shape index (κ3) is 4.07. The van der Waals surface area contributed by atoms with Crippen LogP contribution in [-0.2, 0) is 6.54 Å². The average Bonchev–Trinajstić information content (AvgIpc) is 2.58. The van der Waals surface area contributed by atoms with Gasteiger partial charge in [0, 0.05) is 6.54 Å². The van der Waals surface area contributed by atoms with Crippen molar-refractivity contribution in [3.8, 4) is 0 Å². The maximum absolute atomic E-state index is 6.34. The summed E-state index contributed by atoms with van der Waals surface area (Å²) in [7, 11) is 4.16. The van der Waals surface area contributed by atoms with Crippen LogP contribution in [0.4, 0.5) is 0 Å². The number of hydrogen-bond donors (Lipinski definition) is 0. The van der Waals surface area contributed by atoms with Crippen LogP contribution in [0.3, 0.4) is 0 Å². The van der Waals surface area contributed by atoms with Crippen molar-refractivity contribution in [2.24, 2.45) is 0 Å². The molecule has 1 aromatic heterocycles. The molecule has 1 atom stereocenters. The first-order valence-corrected chi connectivity index (χ1v) is 8.02. The number of likely N-dealkylation sites (N-methyl/N-ethyl adjacent to an activating group) is 1. The molecule has 1 aliphatic carbocycles. The quantitative estimate of drug-likeness (QED) is 0.774. The predicted octanol–water partition coefficient (Wildman–Crippen LogP) is 3.77. The molecule has 106 valence electrons. The summed E-state index contributed by atoms with van der Waals surface area (Å²) in [6.07, 6.45) is 8.68. The van der Waals surface area contributed by atoms with E-state index in [0.29, 0.717) is 0 Å². The number of rotatable bonds is 4. The fourth-order valence-electron chi connectivity index (χ4n) is 2.38. The molecular formula is C14H21BrClN3. The molecule has 1 unspecified atom stereocenters. The third-order valence-corrected chi connectivity index (χ3v) is 4.34. The van der Waals surface area contributed by atoms with Gasteiger partial charge >= 0.3 is 0 Å². The molecule has 0 fully saturated rings. The predicted molar refractivity (Wildman–Crippen MR) is 84.6 cm³/mol. The molecule has 0 spiro atoms. The van der Waals surface area contributed by atoms with Gasteiger partial charge in [-0.05, 0) is 54.9 Å². The van der Waals surface area contributed by atoms with Crippen molar-refractivity contribution in [1.29, 1.82) is 0 Å². The van der Waals surface area contributed by atoms with E-state index in [2.05, 4.69) is 50.8 Å². The number of hydrogen-bond acceptors (Lipinski definition) is 2. The standard InChI is InChI=1S/C14H21BrClN3/c1-18(2)7-8-19-14(13(15)10-17-19)11-5-3-4-6-12(16)9-11/h9-10,12H,3-8H2,1-2H3. The first kappa shape index (κ1) is 15.1. The van der Waals surface area contributed by atoms with Gasteiger partial charge in [0.05, 0.1) is 28.3 Å². The molecule has 0 radical (unpaired) electrons. The lowest BCUT2D eigenvalue weighted by Gasteiger charge is -2.14. The second kappa shape index (κ2) is 6.91. The summed E-state index contributed by atoms with van der Waals surface area (Å²) in [5, 5.41) is 4.63. The number of allylic oxidation sites excluding steroid dienone is 2. The highest BCUT2D eigenvalue weighted by Crippen LogP contribution is 2.32. The highest BCUT2D eigenvalue weighted by atomic mass is 79.9. The van der Waals surface area contributed by atoms with Crippen LogP contribution in [0.2, 0.25) is 0 Å². The summed E-state index contributed by atoms with van der Waals surface area (Å²) in [6.45, 7) is 1.89. The number of alkyl halides is 1. The highest BCUT2D eigenvalue weighted by Gasteiger charge is 2.17. The molecule has 19 heavy (non-hydrogen) atoms. The zero-order valence-corrected chi connectivity index (χ0v) is 13.9. The summed E-state index contributed by atoms with van der Waals surface area (Å²) in [5.41, 5.74) is 2.54. The van der Waals surface area contributed by atoms with Gasteiger partial charge in [-0.1, -0.05) is 12.5 Å². The topological polar surface area (TPSA) is 21.1 Å². The zero-order valence-electron chi connectivity index (χ0n) is 11.6. The Bertz CT molecular complexity index is 454. The van der Waals surface area contributed by atoms with Gasteiger partial charge in [0.1, 0.15) is 0 Å². The molecule has 0 aromatic carbocycles. The molecule has 0 saturated carbocycles. The van der Waals surface area contributed by atoms with E-state index in [1.165, 1.54) is 24.1 Å².